The number of hydrogen-bond acceptors (Lipinski definition) is 1. The maximum Gasteiger partial charge on any atom is 0.257 e. The highest BCUT2D eigenvalue weighted by molar-refractivity contribution is 9.10. The Hall–Kier alpha value is -0.550. The van der Waals surface area contributed by atoms with Gasteiger partial charge in [0.2, 0.25) is 0 Å². The molecule has 1 atom stereocenters. The lowest BCUT2D eigenvalue weighted by Gasteiger charge is -2.11. The van der Waals surface area contributed by atoms with Crippen molar-refractivity contribution in [1.82, 2.24) is 0 Å². The normalized spacial score (nSPS) is 13.4. The standard InChI is InChI=1S/C8H7BrF3N/c9-4-1-2-6(10)5(3-4)7(13)8(11)12/h1-3,7-8H,13H2/t7-/m0/s1. The summed E-state index contributed by atoms with van der Waals surface area (Å²) in [7, 11) is 0. The van der Waals surface area contributed by atoms with Crippen molar-refractivity contribution in [3.63, 3.8) is 0 Å². The van der Waals surface area contributed by atoms with E-state index >= 15 is 0 Å². The van der Waals surface area contributed by atoms with Crippen LogP contribution in [0.15, 0.2) is 22.7 Å². The van der Waals surface area contributed by atoms with Crippen molar-refractivity contribution in [3.05, 3.63) is 34.1 Å². The topological polar surface area (TPSA) is 26.0 Å². The van der Waals surface area contributed by atoms with Crippen molar-refractivity contribution >= 4 is 15.9 Å². The summed E-state index contributed by atoms with van der Waals surface area (Å²) in [5.74, 6) is -0.712. The van der Waals surface area contributed by atoms with E-state index in [9.17, 15) is 13.2 Å². The average Bonchev–Trinajstić information content (AvgIpc) is 2.08. The molecule has 1 aromatic carbocycles. The Balaban J connectivity index is 3.05. The van der Waals surface area contributed by atoms with Crippen molar-refractivity contribution in [2.24, 2.45) is 5.73 Å². The molecule has 0 spiro atoms. The summed E-state index contributed by atoms with van der Waals surface area (Å²) >= 11 is 3.05. The number of hydrogen-bond donors (Lipinski definition) is 1. The van der Waals surface area contributed by atoms with Gasteiger partial charge >= 0.3 is 0 Å². The molecule has 72 valence electrons. The highest BCUT2D eigenvalue weighted by Gasteiger charge is 2.20. The third-order valence-electron chi connectivity index (χ3n) is 1.59. The maximum atomic E-state index is 12.9. The lowest BCUT2D eigenvalue weighted by molar-refractivity contribution is 0.115. The molecule has 0 fully saturated rings. The molecule has 1 aromatic rings. The van der Waals surface area contributed by atoms with Crippen LogP contribution in [-0.4, -0.2) is 6.43 Å². The largest absolute Gasteiger partial charge is 0.319 e. The Labute approximate surface area is 81.9 Å². The van der Waals surface area contributed by atoms with Gasteiger partial charge in [0, 0.05) is 10.0 Å². The van der Waals surface area contributed by atoms with Crippen LogP contribution in [-0.2, 0) is 0 Å². The molecule has 0 aliphatic carbocycles. The summed E-state index contributed by atoms with van der Waals surface area (Å²) in [5, 5.41) is 0. The van der Waals surface area contributed by atoms with Gasteiger partial charge in [-0.25, -0.2) is 13.2 Å². The first-order chi connectivity index (χ1) is 6.02. The van der Waals surface area contributed by atoms with Gasteiger partial charge in [-0.2, -0.15) is 0 Å². The first-order valence-corrected chi connectivity index (χ1v) is 4.30. The van der Waals surface area contributed by atoms with Crippen LogP contribution in [0, 0.1) is 5.82 Å². The Morgan fingerprint density at radius 3 is 2.46 bits per heavy atom. The molecule has 13 heavy (non-hydrogen) atoms. The third kappa shape index (κ3) is 2.45. The second kappa shape index (κ2) is 4.11. The van der Waals surface area contributed by atoms with Gasteiger partial charge in [0.25, 0.3) is 6.43 Å². The summed E-state index contributed by atoms with van der Waals surface area (Å²) in [6.07, 6.45) is -2.76. The number of halogens is 4. The molecule has 0 radical (unpaired) electrons. The third-order valence-corrected chi connectivity index (χ3v) is 2.08. The van der Waals surface area contributed by atoms with Crippen molar-refractivity contribution in [1.29, 1.82) is 0 Å². The van der Waals surface area contributed by atoms with Gasteiger partial charge in [0.05, 0.1) is 6.04 Å². The molecule has 0 saturated carbocycles. The Morgan fingerprint density at radius 1 is 1.31 bits per heavy atom. The molecule has 1 rings (SSSR count). The molecule has 0 aromatic heterocycles. The zero-order valence-corrected chi connectivity index (χ0v) is 8.06. The van der Waals surface area contributed by atoms with Crippen molar-refractivity contribution in [3.8, 4) is 0 Å². The van der Waals surface area contributed by atoms with Crippen LogP contribution in [0.5, 0.6) is 0 Å². The van der Waals surface area contributed by atoms with Gasteiger partial charge in [-0.15, -0.1) is 0 Å². The van der Waals surface area contributed by atoms with Gasteiger partial charge in [-0.3, -0.25) is 0 Å². The Morgan fingerprint density at radius 2 is 1.92 bits per heavy atom. The van der Waals surface area contributed by atoms with Gasteiger partial charge in [-0.1, -0.05) is 15.9 Å². The first-order valence-electron chi connectivity index (χ1n) is 3.51. The number of rotatable bonds is 2. The van der Waals surface area contributed by atoms with Crippen LogP contribution in [0.1, 0.15) is 11.6 Å². The maximum absolute atomic E-state index is 12.9. The van der Waals surface area contributed by atoms with E-state index in [-0.39, 0.29) is 5.56 Å². The fourth-order valence-electron chi connectivity index (χ4n) is 0.906. The predicted octanol–water partition coefficient (Wildman–Crippen LogP) is 2.85. The lowest BCUT2D eigenvalue weighted by atomic mass is 10.1. The fourth-order valence-corrected chi connectivity index (χ4v) is 1.28. The number of nitrogens with two attached hydrogens (primary N) is 1. The van der Waals surface area contributed by atoms with Crippen LogP contribution < -0.4 is 5.73 Å². The van der Waals surface area contributed by atoms with E-state index in [0.717, 1.165) is 6.07 Å². The predicted molar refractivity (Wildman–Crippen MR) is 47.0 cm³/mol. The van der Waals surface area contributed by atoms with E-state index in [1.807, 2.05) is 0 Å². The molecule has 0 amide bonds. The molecular weight excluding hydrogens is 247 g/mol. The van der Waals surface area contributed by atoms with Crippen molar-refractivity contribution < 1.29 is 13.2 Å². The molecule has 0 aliphatic heterocycles. The summed E-state index contributed by atoms with van der Waals surface area (Å²) in [6, 6.07) is 2.21. The molecule has 0 aliphatic rings. The van der Waals surface area contributed by atoms with Crippen LogP contribution in [0.25, 0.3) is 0 Å². The molecule has 0 bridgehead atoms. The average molecular weight is 254 g/mol. The van der Waals surface area contributed by atoms with Crippen LogP contribution in [0.2, 0.25) is 0 Å². The van der Waals surface area contributed by atoms with E-state index in [1.54, 1.807) is 0 Å². The molecule has 1 nitrogen and oxygen atoms in total. The summed E-state index contributed by atoms with van der Waals surface area (Å²) < 4.78 is 37.7. The molecule has 0 saturated heterocycles. The Bertz CT molecular complexity index is 303. The van der Waals surface area contributed by atoms with Crippen LogP contribution >= 0.6 is 15.9 Å². The van der Waals surface area contributed by atoms with Gasteiger partial charge in [0.1, 0.15) is 5.82 Å². The zero-order valence-electron chi connectivity index (χ0n) is 6.48. The molecular formula is C8H7BrF3N. The smallest absolute Gasteiger partial charge is 0.257 e. The van der Waals surface area contributed by atoms with Crippen molar-refractivity contribution in [2.45, 2.75) is 12.5 Å². The van der Waals surface area contributed by atoms with E-state index < -0.39 is 18.3 Å². The minimum absolute atomic E-state index is 0.177. The summed E-state index contributed by atoms with van der Waals surface area (Å²) in [4.78, 5) is 0. The lowest BCUT2D eigenvalue weighted by Crippen LogP contribution is -2.20. The number of alkyl halides is 2. The summed E-state index contributed by atoms with van der Waals surface area (Å²) in [5.41, 5.74) is 4.92. The number of benzene rings is 1. The SMILES string of the molecule is N[C@@H](c1cc(Br)ccc1F)C(F)F. The highest BCUT2D eigenvalue weighted by Crippen LogP contribution is 2.24. The van der Waals surface area contributed by atoms with Gasteiger partial charge < -0.3 is 5.73 Å². The fraction of sp³-hybridized carbons (Fsp3) is 0.250. The van der Waals surface area contributed by atoms with Crippen molar-refractivity contribution in [2.75, 3.05) is 0 Å². The zero-order chi connectivity index (χ0) is 10.0. The molecule has 0 unspecified atom stereocenters. The minimum atomic E-state index is -2.76. The van der Waals surface area contributed by atoms with Gasteiger partial charge in [-0.05, 0) is 18.2 Å². The second-order valence-corrected chi connectivity index (χ2v) is 3.44. The quantitative estimate of drug-likeness (QED) is 0.862. The summed E-state index contributed by atoms with van der Waals surface area (Å²) in [6.45, 7) is 0. The Kier molecular flexibility index (Phi) is 3.33. The van der Waals surface area contributed by atoms with E-state index in [2.05, 4.69) is 15.9 Å². The monoisotopic (exact) mass is 253 g/mol. The van der Waals surface area contributed by atoms with E-state index in [1.165, 1.54) is 12.1 Å². The first kappa shape index (κ1) is 10.5. The van der Waals surface area contributed by atoms with Crippen LogP contribution in [0.3, 0.4) is 0 Å². The van der Waals surface area contributed by atoms with Gasteiger partial charge in [0.15, 0.2) is 0 Å². The highest BCUT2D eigenvalue weighted by atomic mass is 79.9. The van der Waals surface area contributed by atoms with Crippen LogP contribution in [0.4, 0.5) is 13.2 Å². The minimum Gasteiger partial charge on any atom is -0.319 e. The van der Waals surface area contributed by atoms with E-state index in [4.69, 9.17) is 5.73 Å². The second-order valence-electron chi connectivity index (χ2n) is 2.53. The molecule has 2 N–H and O–H groups in total. The van der Waals surface area contributed by atoms with E-state index in [0.29, 0.717) is 4.47 Å². The molecule has 5 heteroatoms. The molecule has 0 heterocycles.